The number of methoxy groups -OCH3 is 1. The number of fused-ring (bicyclic) bond motifs is 3. The zero-order chi connectivity index (χ0) is 12.7. The third-order valence-corrected chi connectivity index (χ3v) is 4.00. The lowest BCUT2D eigenvalue weighted by Crippen LogP contribution is -2.21. The molecule has 0 unspecified atom stereocenters. The van der Waals surface area contributed by atoms with E-state index in [0.717, 1.165) is 31.7 Å². The zero-order valence-corrected chi connectivity index (χ0v) is 11.3. The lowest BCUT2D eigenvalue weighted by molar-refractivity contribution is 0.352. The minimum atomic E-state index is 1.04. The number of benzene rings is 1. The van der Waals surface area contributed by atoms with Crippen molar-refractivity contribution in [2.45, 2.75) is 19.8 Å². The lowest BCUT2D eigenvalue weighted by Gasteiger charge is -2.12. The molecule has 1 aliphatic rings. The van der Waals surface area contributed by atoms with Crippen LogP contribution in [0.4, 0.5) is 0 Å². The number of hydrogen-bond acceptors (Lipinski definition) is 2. The predicted molar refractivity (Wildman–Crippen MR) is 74.5 cm³/mol. The topological polar surface area (TPSA) is 28.3 Å². The second-order valence-electron chi connectivity index (χ2n) is 5.22. The highest BCUT2D eigenvalue weighted by Gasteiger charge is 2.19. The van der Waals surface area contributed by atoms with Crippen LogP contribution in [0.5, 0.6) is 5.75 Å². The summed E-state index contributed by atoms with van der Waals surface area (Å²) in [6.07, 6.45) is 2.20. The Hall–Kier alpha value is -1.48. The number of likely N-dealkylation sites (N-methyl/N-ethyl adjacent to an activating group) is 1. The van der Waals surface area contributed by atoms with E-state index < -0.39 is 0 Å². The van der Waals surface area contributed by atoms with E-state index in [2.05, 4.69) is 36.0 Å². The predicted octanol–water partition coefficient (Wildman–Crippen LogP) is 2.52. The lowest BCUT2D eigenvalue weighted by atomic mass is 10.0. The van der Waals surface area contributed by atoms with Gasteiger partial charge in [0, 0.05) is 36.1 Å². The van der Waals surface area contributed by atoms with Gasteiger partial charge in [0.1, 0.15) is 5.75 Å². The fourth-order valence-corrected chi connectivity index (χ4v) is 2.95. The van der Waals surface area contributed by atoms with Gasteiger partial charge in [-0.25, -0.2) is 0 Å². The smallest absolute Gasteiger partial charge is 0.131 e. The first kappa shape index (κ1) is 11.6. The number of aryl methyl sites for hydroxylation is 1. The molecule has 0 aliphatic carbocycles. The largest absolute Gasteiger partial charge is 0.496 e. The molecular weight excluding hydrogens is 224 g/mol. The molecule has 2 heterocycles. The van der Waals surface area contributed by atoms with Crippen molar-refractivity contribution < 1.29 is 4.74 Å². The molecule has 0 spiro atoms. The Morgan fingerprint density at radius 1 is 1.22 bits per heavy atom. The van der Waals surface area contributed by atoms with Gasteiger partial charge in [0.15, 0.2) is 0 Å². The fourth-order valence-electron chi connectivity index (χ4n) is 2.95. The maximum Gasteiger partial charge on any atom is 0.131 e. The van der Waals surface area contributed by atoms with E-state index >= 15 is 0 Å². The quantitative estimate of drug-likeness (QED) is 0.835. The zero-order valence-electron chi connectivity index (χ0n) is 11.3. The summed E-state index contributed by atoms with van der Waals surface area (Å²) in [6.45, 7) is 4.36. The summed E-state index contributed by atoms with van der Waals surface area (Å²) in [6, 6.07) is 4.30. The Morgan fingerprint density at radius 2 is 2.00 bits per heavy atom. The summed E-state index contributed by atoms with van der Waals surface area (Å²) in [7, 11) is 3.96. The van der Waals surface area contributed by atoms with Gasteiger partial charge in [-0.1, -0.05) is 6.07 Å². The summed E-state index contributed by atoms with van der Waals surface area (Å²) >= 11 is 0. The van der Waals surface area contributed by atoms with Crippen molar-refractivity contribution in [2.75, 3.05) is 27.2 Å². The summed E-state index contributed by atoms with van der Waals surface area (Å²) in [5.41, 5.74) is 5.27. The van der Waals surface area contributed by atoms with E-state index in [1.807, 2.05) is 0 Å². The molecule has 96 valence electrons. The minimum Gasteiger partial charge on any atom is -0.496 e. The van der Waals surface area contributed by atoms with Gasteiger partial charge in [0.25, 0.3) is 0 Å². The van der Waals surface area contributed by atoms with E-state index in [-0.39, 0.29) is 0 Å². The Morgan fingerprint density at radius 3 is 2.78 bits per heavy atom. The normalized spacial score (nSPS) is 16.6. The maximum atomic E-state index is 5.62. The van der Waals surface area contributed by atoms with Crippen molar-refractivity contribution in [3.63, 3.8) is 0 Å². The number of aromatic amines is 1. The number of rotatable bonds is 1. The van der Waals surface area contributed by atoms with Crippen molar-refractivity contribution in [3.05, 3.63) is 29.0 Å². The van der Waals surface area contributed by atoms with Crippen molar-refractivity contribution in [1.29, 1.82) is 0 Å². The second-order valence-corrected chi connectivity index (χ2v) is 5.22. The summed E-state index contributed by atoms with van der Waals surface area (Å²) < 4.78 is 5.62. The molecule has 0 saturated heterocycles. The van der Waals surface area contributed by atoms with E-state index in [1.54, 1.807) is 7.11 Å². The number of H-pyrrole nitrogens is 1. The van der Waals surface area contributed by atoms with Crippen LogP contribution in [-0.2, 0) is 12.8 Å². The number of hydrogen-bond donors (Lipinski definition) is 1. The molecule has 3 nitrogen and oxygen atoms in total. The summed E-state index contributed by atoms with van der Waals surface area (Å²) in [4.78, 5) is 5.96. The van der Waals surface area contributed by atoms with Crippen LogP contribution in [-0.4, -0.2) is 37.1 Å². The first-order valence-corrected chi connectivity index (χ1v) is 6.56. The van der Waals surface area contributed by atoms with Gasteiger partial charge in [-0.05, 0) is 37.6 Å². The monoisotopic (exact) mass is 244 g/mol. The van der Waals surface area contributed by atoms with E-state index in [0.29, 0.717) is 0 Å². The molecule has 0 amide bonds. The van der Waals surface area contributed by atoms with Crippen LogP contribution in [0.2, 0.25) is 0 Å². The van der Waals surface area contributed by atoms with Crippen LogP contribution < -0.4 is 4.74 Å². The standard InChI is InChI=1S/C15H20N2O/c1-10-4-5-13-14(15(10)18-3)11-6-8-17(2)9-7-12(11)16-13/h4-5,16H,6-9H2,1-3H3. The van der Waals surface area contributed by atoms with E-state index in [1.165, 1.54) is 27.7 Å². The number of ether oxygens (including phenoxy) is 1. The Labute approximate surface area is 108 Å². The highest BCUT2D eigenvalue weighted by molar-refractivity contribution is 5.92. The van der Waals surface area contributed by atoms with Gasteiger partial charge in [-0.2, -0.15) is 0 Å². The first-order chi connectivity index (χ1) is 8.70. The number of aromatic nitrogens is 1. The van der Waals surface area contributed by atoms with Crippen molar-refractivity contribution >= 4 is 10.9 Å². The molecule has 3 heteroatoms. The van der Waals surface area contributed by atoms with E-state index in [4.69, 9.17) is 4.74 Å². The molecule has 2 aromatic rings. The summed E-state index contributed by atoms with van der Waals surface area (Å²) in [5, 5.41) is 1.29. The van der Waals surface area contributed by atoms with Gasteiger partial charge < -0.3 is 14.6 Å². The summed E-state index contributed by atoms with van der Waals surface area (Å²) in [5.74, 6) is 1.04. The second kappa shape index (κ2) is 4.32. The van der Waals surface area contributed by atoms with Gasteiger partial charge in [-0.15, -0.1) is 0 Å². The maximum absolute atomic E-state index is 5.62. The first-order valence-electron chi connectivity index (χ1n) is 6.56. The molecule has 0 fully saturated rings. The Bertz CT molecular complexity index is 586. The molecular formula is C15H20N2O. The highest BCUT2D eigenvalue weighted by Crippen LogP contribution is 2.35. The van der Waals surface area contributed by atoms with Gasteiger partial charge in [0.05, 0.1) is 7.11 Å². The van der Waals surface area contributed by atoms with Crippen molar-refractivity contribution in [2.24, 2.45) is 0 Å². The number of nitrogens with zero attached hydrogens (tertiary/aromatic N) is 1. The molecule has 3 rings (SSSR count). The van der Waals surface area contributed by atoms with Crippen molar-refractivity contribution in [3.8, 4) is 5.75 Å². The molecule has 1 aromatic heterocycles. The fraction of sp³-hybridized carbons (Fsp3) is 0.467. The average molecular weight is 244 g/mol. The molecule has 1 aromatic carbocycles. The minimum absolute atomic E-state index is 1.04. The van der Waals surface area contributed by atoms with Gasteiger partial charge in [-0.3, -0.25) is 0 Å². The third-order valence-electron chi connectivity index (χ3n) is 4.00. The van der Waals surface area contributed by atoms with Crippen LogP contribution in [0.25, 0.3) is 10.9 Å². The van der Waals surface area contributed by atoms with Crippen LogP contribution >= 0.6 is 0 Å². The molecule has 18 heavy (non-hydrogen) atoms. The SMILES string of the molecule is COc1c(C)ccc2[nH]c3c(c12)CCN(C)CC3. The Kier molecular flexibility index (Phi) is 2.78. The van der Waals surface area contributed by atoms with Crippen LogP contribution in [0.1, 0.15) is 16.8 Å². The molecule has 1 N–H and O–H groups in total. The van der Waals surface area contributed by atoms with Crippen LogP contribution in [0, 0.1) is 6.92 Å². The van der Waals surface area contributed by atoms with Crippen LogP contribution in [0.15, 0.2) is 12.1 Å². The molecule has 0 bridgehead atoms. The van der Waals surface area contributed by atoms with Crippen LogP contribution in [0.3, 0.4) is 0 Å². The van der Waals surface area contributed by atoms with Gasteiger partial charge in [0.2, 0.25) is 0 Å². The molecule has 0 atom stereocenters. The number of nitrogens with one attached hydrogen (secondary N) is 1. The molecule has 1 aliphatic heterocycles. The Balaban J connectivity index is 2.23. The highest BCUT2D eigenvalue weighted by atomic mass is 16.5. The average Bonchev–Trinajstić information content (AvgIpc) is 2.62. The van der Waals surface area contributed by atoms with Crippen molar-refractivity contribution in [1.82, 2.24) is 9.88 Å². The van der Waals surface area contributed by atoms with E-state index in [9.17, 15) is 0 Å². The van der Waals surface area contributed by atoms with Gasteiger partial charge >= 0.3 is 0 Å². The molecule has 0 radical (unpaired) electrons. The third kappa shape index (κ3) is 1.70. The molecule has 0 saturated carbocycles.